The average molecular weight is 254 g/mol. The number of amides is 1. The lowest BCUT2D eigenvalue weighted by Crippen LogP contribution is -2.37. The molecule has 0 bridgehead atoms. The summed E-state index contributed by atoms with van der Waals surface area (Å²) in [5.41, 5.74) is 0.285. The predicted molar refractivity (Wildman–Crippen MR) is 65.3 cm³/mol. The quantitative estimate of drug-likeness (QED) is 0.875. The zero-order valence-electron chi connectivity index (χ0n) is 10.2. The summed E-state index contributed by atoms with van der Waals surface area (Å²) in [7, 11) is 0. The first-order valence-corrected chi connectivity index (χ1v) is 6.09. The molecule has 0 saturated heterocycles. The van der Waals surface area contributed by atoms with Crippen LogP contribution in [0.1, 0.15) is 19.8 Å². The van der Waals surface area contributed by atoms with Gasteiger partial charge in [0.2, 0.25) is 5.91 Å². The van der Waals surface area contributed by atoms with Crippen molar-refractivity contribution in [2.45, 2.75) is 25.8 Å². The number of nitrogens with one attached hydrogen (secondary N) is 1. The van der Waals surface area contributed by atoms with E-state index in [1.165, 1.54) is 12.1 Å². The fourth-order valence-corrected chi connectivity index (χ4v) is 1.96. The van der Waals surface area contributed by atoms with Gasteiger partial charge in [0.25, 0.3) is 0 Å². The zero-order valence-corrected chi connectivity index (χ0v) is 10.2. The first-order valence-electron chi connectivity index (χ1n) is 6.09. The van der Waals surface area contributed by atoms with Gasteiger partial charge in [-0.1, -0.05) is 0 Å². The highest BCUT2D eigenvalue weighted by atomic mass is 19.1. The van der Waals surface area contributed by atoms with E-state index in [0.717, 1.165) is 18.9 Å². The van der Waals surface area contributed by atoms with Crippen molar-refractivity contribution in [3.63, 3.8) is 0 Å². The summed E-state index contributed by atoms with van der Waals surface area (Å²) in [5.74, 6) is -1.34. The normalized spacial score (nSPS) is 14.4. The monoisotopic (exact) mass is 254 g/mol. The van der Waals surface area contributed by atoms with Crippen LogP contribution < -0.4 is 5.32 Å². The fourth-order valence-electron chi connectivity index (χ4n) is 1.96. The highest BCUT2D eigenvalue weighted by Crippen LogP contribution is 2.26. The van der Waals surface area contributed by atoms with Gasteiger partial charge in [-0.05, 0) is 31.9 Å². The van der Waals surface area contributed by atoms with E-state index in [2.05, 4.69) is 5.32 Å². The molecular weight excluding hydrogens is 238 g/mol. The Morgan fingerprint density at radius 1 is 1.33 bits per heavy atom. The third kappa shape index (κ3) is 3.18. The molecule has 0 unspecified atom stereocenters. The second kappa shape index (κ2) is 5.33. The average Bonchev–Trinajstić information content (AvgIpc) is 3.10. The van der Waals surface area contributed by atoms with E-state index in [9.17, 15) is 13.6 Å². The molecule has 5 heteroatoms. The number of anilines is 1. The van der Waals surface area contributed by atoms with E-state index < -0.39 is 11.6 Å². The Hall–Kier alpha value is -1.65. The van der Waals surface area contributed by atoms with Gasteiger partial charge in [0.15, 0.2) is 0 Å². The van der Waals surface area contributed by atoms with Crippen LogP contribution in [-0.4, -0.2) is 29.9 Å². The van der Waals surface area contributed by atoms with E-state index in [-0.39, 0.29) is 18.1 Å². The van der Waals surface area contributed by atoms with Crippen LogP contribution in [0.3, 0.4) is 0 Å². The molecule has 2 rings (SSSR count). The second-order valence-corrected chi connectivity index (χ2v) is 4.42. The van der Waals surface area contributed by atoms with E-state index >= 15 is 0 Å². The maximum Gasteiger partial charge on any atom is 0.242 e. The Kier molecular flexibility index (Phi) is 3.79. The fraction of sp³-hybridized carbons (Fsp3) is 0.462. The number of carbonyl (C=O) groups is 1. The van der Waals surface area contributed by atoms with E-state index in [1.807, 2.05) is 6.92 Å². The van der Waals surface area contributed by atoms with Crippen LogP contribution in [0, 0.1) is 11.6 Å². The highest BCUT2D eigenvalue weighted by Gasteiger charge is 2.30. The maximum absolute atomic E-state index is 12.9. The minimum atomic E-state index is -0.653. The molecule has 98 valence electrons. The lowest BCUT2D eigenvalue weighted by Gasteiger charge is -2.20. The topological polar surface area (TPSA) is 32.3 Å². The molecule has 1 amide bonds. The van der Waals surface area contributed by atoms with Crippen LogP contribution in [-0.2, 0) is 4.79 Å². The summed E-state index contributed by atoms with van der Waals surface area (Å²) in [6.07, 6.45) is 2.10. The Morgan fingerprint density at radius 2 is 1.94 bits per heavy atom. The molecule has 0 spiro atoms. The van der Waals surface area contributed by atoms with Crippen molar-refractivity contribution in [1.82, 2.24) is 4.90 Å². The molecule has 1 aliphatic rings. The number of hydrogen-bond donors (Lipinski definition) is 1. The summed E-state index contributed by atoms with van der Waals surface area (Å²) in [6, 6.07) is 3.50. The Morgan fingerprint density at radius 3 is 2.44 bits per heavy atom. The summed E-state index contributed by atoms with van der Waals surface area (Å²) in [4.78, 5) is 13.7. The van der Waals surface area contributed by atoms with E-state index in [0.29, 0.717) is 12.6 Å². The number of likely N-dealkylation sites (N-methyl/N-ethyl adjacent to an activating group) is 1. The second-order valence-electron chi connectivity index (χ2n) is 4.42. The summed E-state index contributed by atoms with van der Waals surface area (Å²) in [6.45, 7) is 2.66. The predicted octanol–water partition coefficient (Wildman–Crippen LogP) is 2.39. The van der Waals surface area contributed by atoms with Gasteiger partial charge in [-0.25, -0.2) is 8.78 Å². The van der Waals surface area contributed by atoms with Crippen molar-refractivity contribution >= 4 is 11.6 Å². The van der Waals surface area contributed by atoms with Gasteiger partial charge in [0, 0.05) is 24.3 Å². The van der Waals surface area contributed by atoms with Crippen LogP contribution in [0.15, 0.2) is 18.2 Å². The number of halogens is 2. The largest absolute Gasteiger partial charge is 0.376 e. The Labute approximate surface area is 105 Å². The smallest absolute Gasteiger partial charge is 0.242 e. The molecule has 1 aromatic rings. The van der Waals surface area contributed by atoms with Crippen molar-refractivity contribution in [1.29, 1.82) is 0 Å². The van der Waals surface area contributed by atoms with Crippen LogP contribution in [0.2, 0.25) is 0 Å². The minimum absolute atomic E-state index is 0.0373. The number of rotatable bonds is 5. The summed E-state index contributed by atoms with van der Waals surface area (Å²) in [5, 5.41) is 2.75. The maximum atomic E-state index is 12.9. The SMILES string of the molecule is CCN(C(=O)CNc1cc(F)cc(F)c1)C1CC1. The molecule has 18 heavy (non-hydrogen) atoms. The van der Waals surface area contributed by atoms with Crippen molar-refractivity contribution in [3.05, 3.63) is 29.8 Å². The van der Waals surface area contributed by atoms with Gasteiger partial charge in [-0.2, -0.15) is 0 Å². The van der Waals surface area contributed by atoms with Crippen LogP contribution in [0.4, 0.5) is 14.5 Å². The standard InChI is InChI=1S/C13H16F2N2O/c1-2-17(12-3-4-12)13(18)8-16-11-6-9(14)5-10(15)7-11/h5-7,12,16H,2-4,8H2,1H3. The van der Waals surface area contributed by atoms with Gasteiger partial charge >= 0.3 is 0 Å². The molecule has 1 N–H and O–H groups in total. The number of hydrogen-bond acceptors (Lipinski definition) is 2. The molecule has 1 saturated carbocycles. The molecule has 1 fully saturated rings. The number of nitrogens with zero attached hydrogens (tertiary/aromatic N) is 1. The van der Waals surface area contributed by atoms with Gasteiger partial charge in [0.05, 0.1) is 6.54 Å². The lowest BCUT2D eigenvalue weighted by molar-refractivity contribution is -0.129. The Bertz CT molecular complexity index is 426. The molecule has 0 radical (unpaired) electrons. The van der Waals surface area contributed by atoms with Crippen molar-refractivity contribution in [3.8, 4) is 0 Å². The van der Waals surface area contributed by atoms with Crippen LogP contribution >= 0.6 is 0 Å². The summed E-state index contributed by atoms with van der Waals surface area (Å²) < 4.78 is 25.9. The third-order valence-corrected chi connectivity index (χ3v) is 2.95. The van der Waals surface area contributed by atoms with Gasteiger partial charge in [-0.15, -0.1) is 0 Å². The molecule has 0 aromatic heterocycles. The molecular formula is C13H16F2N2O. The summed E-state index contributed by atoms with van der Waals surface area (Å²) >= 11 is 0. The molecule has 1 aliphatic carbocycles. The van der Waals surface area contributed by atoms with E-state index in [4.69, 9.17) is 0 Å². The molecule has 0 aliphatic heterocycles. The first-order chi connectivity index (χ1) is 8.60. The Balaban J connectivity index is 1.92. The van der Waals surface area contributed by atoms with Crippen LogP contribution in [0.25, 0.3) is 0 Å². The lowest BCUT2D eigenvalue weighted by atomic mass is 10.3. The third-order valence-electron chi connectivity index (χ3n) is 2.95. The molecule has 1 aromatic carbocycles. The van der Waals surface area contributed by atoms with Gasteiger partial charge in [0.1, 0.15) is 11.6 Å². The first kappa shape index (κ1) is 12.8. The van der Waals surface area contributed by atoms with Crippen LogP contribution in [0.5, 0.6) is 0 Å². The number of benzene rings is 1. The van der Waals surface area contributed by atoms with Gasteiger partial charge in [-0.3, -0.25) is 4.79 Å². The number of carbonyl (C=O) groups excluding carboxylic acids is 1. The molecule has 3 nitrogen and oxygen atoms in total. The van der Waals surface area contributed by atoms with Crippen molar-refractivity contribution in [2.75, 3.05) is 18.4 Å². The highest BCUT2D eigenvalue weighted by molar-refractivity contribution is 5.81. The van der Waals surface area contributed by atoms with Crippen molar-refractivity contribution < 1.29 is 13.6 Å². The zero-order chi connectivity index (χ0) is 13.1. The van der Waals surface area contributed by atoms with E-state index in [1.54, 1.807) is 4.90 Å². The molecule has 0 atom stereocenters. The van der Waals surface area contributed by atoms with Gasteiger partial charge < -0.3 is 10.2 Å². The van der Waals surface area contributed by atoms with Crippen molar-refractivity contribution in [2.24, 2.45) is 0 Å². The minimum Gasteiger partial charge on any atom is -0.376 e. The molecule has 0 heterocycles.